The summed E-state index contributed by atoms with van der Waals surface area (Å²) in [5.41, 5.74) is 2.32. The minimum Gasteiger partial charge on any atom is -0.355 e. The van der Waals surface area contributed by atoms with E-state index in [1.807, 2.05) is 23.2 Å². The molecule has 2 rings (SSSR count). The van der Waals surface area contributed by atoms with Gasteiger partial charge in [0.15, 0.2) is 5.96 Å². The average molecular weight is 484 g/mol. The van der Waals surface area contributed by atoms with Gasteiger partial charge in [-0.15, -0.1) is 24.0 Å². The number of imidazole rings is 1. The van der Waals surface area contributed by atoms with Gasteiger partial charge in [-0.1, -0.05) is 18.2 Å². The van der Waals surface area contributed by atoms with Crippen LogP contribution < -0.4 is 10.6 Å². The van der Waals surface area contributed by atoms with E-state index in [9.17, 15) is 0 Å². The van der Waals surface area contributed by atoms with Crippen molar-refractivity contribution in [2.45, 2.75) is 46.3 Å². The molecule has 1 aromatic heterocycles. The van der Waals surface area contributed by atoms with Crippen LogP contribution in [0.25, 0.3) is 5.69 Å². The van der Waals surface area contributed by atoms with Crippen LogP contribution in [0.3, 0.4) is 0 Å². The summed E-state index contributed by atoms with van der Waals surface area (Å²) in [6, 6.07) is 9.38. The molecule has 0 fully saturated rings. The van der Waals surface area contributed by atoms with E-state index < -0.39 is 0 Å². The van der Waals surface area contributed by atoms with Crippen LogP contribution >= 0.6 is 24.0 Å². The minimum absolute atomic E-state index is 0. The third-order valence-electron chi connectivity index (χ3n) is 4.43. The number of halogens is 1. The van der Waals surface area contributed by atoms with Gasteiger partial charge >= 0.3 is 0 Å². The van der Waals surface area contributed by atoms with E-state index in [0.717, 1.165) is 24.7 Å². The first-order valence-corrected chi connectivity index (χ1v) is 9.29. The summed E-state index contributed by atoms with van der Waals surface area (Å²) in [4.78, 5) is 10.9. The van der Waals surface area contributed by atoms with E-state index in [1.165, 1.54) is 5.56 Å². The fourth-order valence-electron chi connectivity index (χ4n) is 3.13. The summed E-state index contributed by atoms with van der Waals surface area (Å²) in [7, 11) is 1.81. The smallest absolute Gasteiger partial charge is 0.191 e. The van der Waals surface area contributed by atoms with Crippen LogP contribution in [0.4, 0.5) is 0 Å². The number of nitrogens with one attached hydrogen (secondary N) is 2. The molecule has 1 heterocycles. The van der Waals surface area contributed by atoms with Crippen molar-refractivity contribution in [1.29, 1.82) is 0 Å². The lowest BCUT2D eigenvalue weighted by Crippen LogP contribution is -2.45. The zero-order valence-corrected chi connectivity index (χ0v) is 19.3. The molecule has 0 bridgehead atoms. The molecule has 2 N–H and O–H groups in total. The number of hydrogen-bond acceptors (Lipinski definition) is 3. The molecule has 6 nitrogen and oxygen atoms in total. The molecule has 2 aromatic rings. The summed E-state index contributed by atoms with van der Waals surface area (Å²) in [6.45, 7) is 11.5. The third-order valence-corrected chi connectivity index (χ3v) is 4.43. The Morgan fingerprint density at radius 2 is 1.85 bits per heavy atom. The van der Waals surface area contributed by atoms with Crippen molar-refractivity contribution < 1.29 is 0 Å². The number of para-hydroxylation sites is 1. The summed E-state index contributed by atoms with van der Waals surface area (Å²) in [6.07, 6.45) is 5.57. The highest BCUT2D eigenvalue weighted by Crippen LogP contribution is 2.13. The summed E-state index contributed by atoms with van der Waals surface area (Å²) < 4.78 is 2.02. The highest BCUT2D eigenvalue weighted by Gasteiger charge is 2.12. The maximum atomic E-state index is 4.34. The van der Waals surface area contributed by atoms with E-state index >= 15 is 0 Å². The zero-order valence-electron chi connectivity index (χ0n) is 17.0. The SMILES string of the molecule is CN=C(NCCN(C(C)C)C(C)C)NCc1ccccc1-n1ccnc1.I. The lowest BCUT2D eigenvalue weighted by molar-refractivity contribution is 0.178. The monoisotopic (exact) mass is 484 g/mol. The van der Waals surface area contributed by atoms with Gasteiger partial charge in [0.2, 0.25) is 0 Å². The second kappa shape index (κ2) is 12.0. The molecule has 150 valence electrons. The lowest BCUT2D eigenvalue weighted by Gasteiger charge is -2.30. The number of nitrogens with zero attached hydrogens (tertiary/aromatic N) is 4. The summed E-state index contributed by atoms with van der Waals surface area (Å²) >= 11 is 0. The number of hydrogen-bond donors (Lipinski definition) is 2. The molecular formula is C20H33IN6. The third kappa shape index (κ3) is 7.14. The number of rotatable bonds is 8. The molecule has 7 heteroatoms. The molecule has 1 aromatic carbocycles. The summed E-state index contributed by atoms with van der Waals surface area (Å²) in [5.74, 6) is 0.817. The molecule has 0 radical (unpaired) electrons. The van der Waals surface area contributed by atoms with Gasteiger partial charge < -0.3 is 15.2 Å². The Hall–Kier alpha value is -1.61. The van der Waals surface area contributed by atoms with Crippen molar-refractivity contribution in [2.75, 3.05) is 20.1 Å². The van der Waals surface area contributed by atoms with Gasteiger partial charge in [0.25, 0.3) is 0 Å². The van der Waals surface area contributed by atoms with E-state index in [1.54, 1.807) is 13.2 Å². The Balaban J connectivity index is 0.00000364. The molecular weight excluding hydrogens is 451 g/mol. The van der Waals surface area contributed by atoms with Crippen LogP contribution in [-0.4, -0.2) is 52.6 Å². The second-order valence-electron chi connectivity index (χ2n) is 6.88. The van der Waals surface area contributed by atoms with Gasteiger partial charge in [-0.3, -0.25) is 9.89 Å². The van der Waals surface area contributed by atoms with Crippen molar-refractivity contribution in [3.63, 3.8) is 0 Å². The van der Waals surface area contributed by atoms with Crippen LogP contribution in [-0.2, 0) is 6.54 Å². The first-order chi connectivity index (χ1) is 12.5. The van der Waals surface area contributed by atoms with Gasteiger partial charge in [-0.2, -0.15) is 0 Å². The number of benzene rings is 1. The molecule has 0 aliphatic heterocycles. The lowest BCUT2D eigenvalue weighted by atomic mass is 10.1. The fourth-order valence-corrected chi connectivity index (χ4v) is 3.13. The second-order valence-corrected chi connectivity index (χ2v) is 6.88. The molecule has 0 aliphatic carbocycles. The molecule has 0 saturated carbocycles. The maximum absolute atomic E-state index is 4.34. The van der Waals surface area contributed by atoms with Gasteiger partial charge in [0.1, 0.15) is 0 Å². The van der Waals surface area contributed by atoms with Crippen LogP contribution in [0.1, 0.15) is 33.3 Å². The van der Waals surface area contributed by atoms with Gasteiger partial charge in [-0.05, 0) is 39.3 Å². The molecule has 0 saturated heterocycles. The molecule has 0 atom stereocenters. The van der Waals surface area contributed by atoms with Crippen LogP contribution in [0.15, 0.2) is 48.0 Å². The maximum Gasteiger partial charge on any atom is 0.191 e. The van der Waals surface area contributed by atoms with Crippen molar-refractivity contribution in [2.24, 2.45) is 4.99 Å². The standard InChI is InChI=1S/C20H32N6.HI/c1-16(2)26(17(3)4)13-11-23-20(21-5)24-14-18-8-6-7-9-19(18)25-12-10-22-15-25;/h6-10,12,15-17H,11,13-14H2,1-5H3,(H2,21,23,24);1H. The molecule has 0 unspecified atom stereocenters. The largest absolute Gasteiger partial charge is 0.355 e. The first-order valence-electron chi connectivity index (χ1n) is 9.29. The topological polar surface area (TPSA) is 57.5 Å². The van der Waals surface area contributed by atoms with E-state index in [2.05, 4.69) is 71.4 Å². The van der Waals surface area contributed by atoms with E-state index in [4.69, 9.17) is 0 Å². The molecule has 0 amide bonds. The van der Waals surface area contributed by atoms with Crippen molar-refractivity contribution >= 4 is 29.9 Å². The highest BCUT2D eigenvalue weighted by molar-refractivity contribution is 14.0. The number of aromatic nitrogens is 2. The quantitative estimate of drug-likeness (QED) is 0.343. The zero-order chi connectivity index (χ0) is 18.9. The van der Waals surface area contributed by atoms with Crippen molar-refractivity contribution in [1.82, 2.24) is 25.1 Å². The number of guanidine groups is 1. The molecule has 27 heavy (non-hydrogen) atoms. The predicted octanol–water partition coefficient (Wildman–Crippen LogP) is 3.27. The molecule has 0 aliphatic rings. The van der Waals surface area contributed by atoms with Crippen LogP contribution in [0.2, 0.25) is 0 Å². The van der Waals surface area contributed by atoms with Gasteiger partial charge in [-0.25, -0.2) is 4.98 Å². The average Bonchev–Trinajstić information content (AvgIpc) is 3.15. The minimum atomic E-state index is 0. The Morgan fingerprint density at radius 3 is 2.44 bits per heavy atom. The van der Waals surface area contributed by atoms with Crippen LogP contribution in [0.5, 0.6) is 0 Å². The van der Waals surface area contributed by atoms with Gasteiger partial charge in [0, 0.05) is 51.2 Å². The summed E-state index contributed by atoms with van der Waals surface area (Å²) in [5, 5.41) is 6.82. The normalized spacial score (nSPS) is 11.8. The van der Waals surface area contributed by atoms with E-state index in [-0.39, 0.29) is 24.0 Å². The Morgan fingerprint density at radius 1 is 1.15 bits per heavy atom. The Bertz CT molecular complexity index is 674. The highest BCUT2D eigenvalue weighted by atomic mass is 127. The van der Waals surface area contributed by atoms with Gasteiger partial charge in [0.05, 0.1) is 12.0 Å². The first kappa shape index (κ1) is 23.4. The van der Waals surface area contributed by atoms with E-state index in [0.29, 0.717) is 18.6 Å². The Kier molecular flexibility index (Phi) is 10.4. The molecule has 0 spiro atoms. The predicted molar refractivity (Wildman–Crippen MR) is 124 cm³/mol. The number of aliphatic imine (C=N–C) groups is 1. The van der Waals surface area contributed by atoms with Crippen molar-refractivity contribution in [3.8, 4) is 5.69 Å². The van der Waals surface area contributed by atoms with Crippen molar-refractivity contribution in [3.05, 3.63) is 48.5 Å². The Labute approximate surface area is 180 Å². The van der Waals surface area contributed by atoms with Crippen LogP contribution in [0, 0.1) is 0 Å². The fraction of sp³-hybridized carbons (Fsp3) is 0.500.